The Morgan fingerprint density at radius 3 is 1.77 bits per heavy atom. The van der Waals surface area contributed by atoms with E-state index < -0.39 is 24.5 Å². The number of carboxylic acids is 2. The number of rotatable bonds is 3. The van der Waals surface area contributed by atoms with E-state index in [9.17, 15) is 9.59 Å². The van der Waals surface area contributed by atoms with Crippen LogP contribution in [0.3, 0.4) is 0 Å². The van der Waals surface area contributed by atoms with Gasteiger partial charge in [0.15, 0.2) is 6.10 Å². The Kier molecular flexibility index (Phi) is 17.0. The van der Waals surface area contributed by atoms with Crippen LogP contribution in [0, 0.1) is 0 Å². The van der Waals surface area contributed by atoms with Gasteiger partial charge in [-0.15, -0.1) is 0 Å². The molecular formula is C6H13NaO6. The molecule has 0 fully saturated rings. The summed E-state index contributed by atoms with van der Waals surface area (Å²) in [5, 5.41) is 31.7. The van der Waals surface area contributed by atoms with Crippen LogP contribution in [0.15, 0.2) is 0 Å². The summed E-state index contributed by atoms with van der Waals surface area (Å²) in [6.07, 6.45) is -2.54. The molecule has 0 aromatic heterocycles. The molecule has 1 atom stereocenters. The van der Waals surface area contributed by atoms with Crippen molar-refractivity contribution in [1.29, 1.82) is 0 Å². The molecule has 7 heteroatoms. The minimum atomic E-state index is -1.79. The first kappa shape index (κ1) is 18.6. The van der Waals surface area contributed by atoms with Gasteiger partial charge in [-0.2, -0.15) is 0 Å². The smallest absolute Gasteiger partial charge is 1.00 e. The Bertz CT molecular complexity index is 153. The number of carboxylic acid groups (broad SMARTS) is 2. The molecule has 0 aliphatic carbocycles. The minimum absolute atomic E-state index is 0. The number of hydrogen-bond acceptors (Lipinski definition) is 4. The molecule has 1 unspecified atom stereocenters. The maximum absolute atomic E-state index is 9.72. The van der Waals surface area contributed by atoms with Crippen LogP contribution in [-0.4, -0.2) is 45.1 Å². The monoisotopic (exact) mass is 204 g/mol. The van der Waals surface area contributed by atoms with E-state index in [4.69, 9.17) is 20.4 Å². The van der Waals surface area contributed by atoms with E-state index >= 15 is 0 Å². The first-order valence-corrected chi connectivity index (χ1v) is 3.19. The van der Waals surface area contributed by atoms with Crippen LogP contribution in [0.2, 0.25) is 0 Å². The summed E-state index contributed by atoms with van der Waals surface area (Å²) in [7, 11) is 0. The molecule has 0 radical (unpaired) electrons. The van der Waals surface area contributed by atoms with Crippen molar-refractivity contribution in [3.8, 4) is 0 Å². The first-order chi connectivity index (χ1) is 5.45. The Hall–Kier alpha value is -0.140. The zero-order valence-electron chi connectivity index (χ0n) is 8.60. The normalized spacial score (nSPS) is 10.1. The van der Waals surface area contributed by atoms with Crippen LogP contribution in [0.1, 0.15) is 14.8 Å². The molecule has 0 spiro atoms. The molecule has 0 aromatic carbocycles. The third-order valence-electron chi connectivity index (χ3n) is 0.653. The van der Waals surface area contributed by atoms with Crippen LogP contribution in [0.5, 0.6) is 0 Å². The molecule has 13 heavy (non-hydrogen) atoms. The molecule has 4 N–H and O–H groups in total. The van der Waals surface area contributed by atoms with Gasteiger partial charge in [0, 0.05) is 6.61 Å². The van der Waals surface area contributed by atoms with Gasteiger partial charge in [0.25, 0.3) is 0 Å². The fourth-order valence-electron chi connectivity index (χ4n) is 0.253. The molecule has 0 rings (SSSR count). The van der Waals surface area contributed by atoms with Gasteiger partial charge in [-0.25, -0.2) is 4.79 Å². The van der Waals surface area contributed by atoms with Crippen molar-refractivity contribution in [2.45, 2.75) is 19.4 Å². The largest absolute Gasteiger partial charge is 1.00 e. The fourth-order valence-corrected chi connectivity index (χ4v) is 0.253. The summed E-state index contributed by atoms with van der Waals surface area (Å²) in [5.41, 5.74) is 0. The molecule has 0 heterocycles. The van der Waals surface area contributed by atoms with Crippen LogP contribution in [0.25, 0.3) is 0 Å². The molecule has 0 amide bonds. The molecule has 0 saturated heterocycles. The Morgan fingerprint density at radius 2 is 1.69 bits per heavy atom. The van der Waals surface area contributed by atoms with Crippen molar-refractivity contribution in [2.75, 3.05) is 6.61 Å². The maximum atomic E-state index is 9.72. The average Bonchev–Trinajstić information content (AvgIpc) is 1.87. The molecule has 74 valence electrons. The molecule has 0 aromatic rings. The van der Waals surface area contributed by atoms with Crippen LogP contribution < -0.4 is 29.6 Å². The number of aliphatic hydroxyl groups excluding tert-OH is 2. The molecule has 0 aliphatic heterocycles. The average molecular weight is 204 g/mol. The van der Waals surface area contributed by atoms with E-state index in [-0.39, 0.29) is 37.6 Å². The van der Waals surface area contributed by atoms with E-state index in [1.807, 2.05) is 0 Å². The van der Waals surface area contributed by atoms with E-state index in [0.29, 0.717) is 0 Å². The predicted octanol–water partition coefficient (Wildman–Crippen LogP) is -3.98. The SMILES string of the molecule is CCO.O=C(O)CC(O)C(=O)O.[H-].[Na+]. The van der Waals surface area contributed by atoms with Crippen LogP contribution in [0.4, 0.5) is 0 Å². The second kappa shape index (κ2) is 11.9. The standard InChI is InChI=1S/C4H6O5.C2H6O.Na.H/c5-2(4(8)9)1-3(6)7;1-2-3;;/h2,5H,1H2,(H,6,7)(H,8,9);3H,2H2,1H3;;/q;;+1;-1. The number of aliphatic hydroxyl groups is 2. The van der Waals surface area contributed by atoms with Crippen LogP contribution in [-0.2, 0) is 9.59 Å². The summed E-state index contributed by atoms with van der Waals surface area (Å²) < 4.78 is 0. The minimum Gasteiger partial charge on any atom is -1.00 e. The van der Waals surface area contributed by atoms with Crippen molar-refractivity contribution in [1.82, 2.24) is 0 Å². The first-order valence-electron chi connectivity index (χ1n) is 3.19. The third-order valence-corrected chi connectivity index (χ3v) is 0.653. The number of aliphatic carboxylic acids is 2. The Labute approximate surface area is 99.0 Å². The number of hydrogen-bond donors (Lipinski definition) is 4. The van der Waals surface area contributed by atoms with Crippen molar-refractivity contribution in [3.63, 3.8) is 0 Å². The van der Waals surface area contributed by atoms with Gasteiger partial charge in [-0.05, 0) is 6.92 Å². The summed E-state index contributed by atoms with van der Waals surface area (Å²) in [6.45, 7) is 1.93. The topological polar surface area (TPSA) is 115 Å². The Balaban J connectivity index is -0.0000000891. The van der Waals surface area contributed by atoms with E-state index in [1.165, 1.54) is 0 Å². The second-order valence-corrected chi connectivity index (χ2v) is 1.77. The zero-order chi connectivity index (χ0) is 10.1. The second-order valence-electron chi connectivity index (χ2n) is 1.77. The third kappa shape index (κ3) is 18.7. The zero-order valence-corrected chi connectivity index (χ0v) is 9.60. The predicted molar refractivity (Wildman–Crippen MR) is 39.8 cm³/mol. The van der Waals surface area contributed by atoms with Crippen molar-refractivity contribution in [2.24, 2.45) is 0 Å². The quantitative estimate of drug-likeness (QED) is 0.348. The summed E-state index contributed by atoms with van der Waals surface area (Å²) in [6, 6.07) is 0. The van der Waals surface area contributed by atoms with E-state index in [0.717, 1.165) is 0 Å². The maximum Gasteiger partial charge on any atom is 1.00 e. The molecule has 0 aliphatic rings. The molecule has 0 bridgehead atoms. The summed E-state index contributed by atoms with van der Waals surface area (Å²) in [5.74, 6) is -2.85. The van der Waals surface area contributed by atoms with Gasteiger partial charge in [-0.1, -0.05) is 0 Å². The Morgan fingerprint density at radius 1 is 1.38 bits per heavy atom. The van der Waals surface area contributed by atoms with E-state index in [1.54, 1.807) is 6.92 Å². The molecular weight excluding hydrogens is 191 g/mol. The molecule has 0 saturated carbocycles. The van der Waals surface area contributed by atoms with Gasteiger partial charge < -0.3 is 21.9 Å². The summed E-state index contributed by atoms with van der Waals surface area (Å²) in [4.78, 5) is 19.4. The summed E-state index contributed by atoms with van der Waals surface area (Å²) >= 11 is 0. The van der Waals surface area contributed by atoms with Gasteiger partial charge in [0.1, 0.15) is 0 Å². The van der Waals surface area contributed by atoms with E-state index in [2.05, 4.69) is 0 Å². The van der Waals surface area contributed by atoms with Gasteiger partial charge in [0.05, 0.1) is 6.42 Å². The van der Waals surface area contributed by atoms with Gasteiger partial charge in [0.2, 0.25) is 0 Å². The van der Waals surface area contributed by atoms with Crippen molar-refractivity contribution >= 4 is 11.9 Å². The van der Waals surface area contributed by atoms with Gasteiger partial charge in [-0.3, -0.25) is 4.79 Å². The fraction of sp³-hybridized carbons (Fsp3) is 0.667. The van der Waals surface area contributed by atoms with Crippen molar-refractivity contribution in [3.05, 3.63) is 0 Å². The van der Waals surface area contributed by atoms with Gasteiger partial charge >= 0.3 is 41.5 Å². The van der Waals surface area contributed by atoms with Crippen molar-refractivity contribution < 1.29 is 61.0 Å². The number of carbonyl (C=O) groups is 2. The molecule has 6 nitrogen and oxygen atoms in total. The van der Waals surface area contributed by atoms with Crippen LogP contribution >= 0.6 is 0 Å².